The zero-order valence-corrected chi connectivity index (χ0v) is 21.8. The van der Waals surface area contributed by atoms with Crippen molar-refractivity contribution >= 4 is 57.6 Å². The molecule has 0 atom stereocenters. The number of amides is 2. The maximum atomic E-state index is 13.2. The lowest BCUT2D eigenvalue weighted by Gasteiger charge is -2.15. The van der Waals surface area contributed by atoms with Crippen LogP contribution in [0.15, 0.2) is 71.6 Å². The van der Waals surface area contributed by atoms with E-state index in [1.807, 2.05) is 31.2 Å². The van der Waals surface area contributed by atoms with E-state index in [0.717, 1.165) is 17.7 Å². The van der Waals surface area contributed by atoms with Crippen molar-refractivity contribution in [2.75, 3.05) is 23.9 Å². The van der Waals surface area contributed by atoms with Crippen LogP contribution in [-0.4, -0.2) is 29.9 Å². The third kappa shape index (κ3) is 6.17. The van der Waals surface area contributed by atoms with Crippen molar-refractivity contribution < 1.29 is 32.2 Å². The van der Waals surface area contributed by atoms with Gasteiger partial charge >= 0.3 is 6.18 Å². The Morgan fingerprint density at radius 3 is 2.47 bits per heavy atom. The van der Waals surface area contributed by atoms with Gasteiger partial charge in [-0.3, -0.25) is 14.5 Å². The Labute approximate surface area is 226 Å². The second-order valence-corrected chi connectivity index (χ2v) is 9.82. The van der Waals surface area contributed by atoms with E-state index in [2.05, 4.69) is 5.32 Å². The van der Waals surface area contributed by atoms with E-state index in [1.165, 1.54) is 35.9 Å². The number of nitrogens with zero attached hydrogens (tertiary/aromatic N) is 1. The molecule has 11 heteroatoms. The maximum Gasteiger partial charge on any atom is 0.418 e. The Balaban J connectivity index is 1.45. The van der Waals surface area contributed by atoms with Gasteiger partial charge in [0.15, 0.2) is 22.4 Å². The predicted molar refractivity (Wildman–Crippen MR) is 145 cm³/mol. The van der Waals surface area contributed by atoms with Gasteiger partial charge in [0.05, 0.1) is 29.0 Å². The number of halogens is 3. The highest BCUT2D eigenvalue weighted by Gasteiger charge is 2.34. The van der Waals surface area contributed by atoms with Crippen molar-refractivity contribution in [2.45, 2.75) is 13.1 Å². The number of aryl methyl sites for hydroxylation is 1. The van der Waals surface area contributed by atoms with Gasteiger partial charge in [0.25, 0.3) is 11.8 Å². The van der Waals surface area contributed by atoms with Gasteiger partial charge in [0.2, 0.25) is 0 Å². The van der Waals surface area contributed by atoms with Crippen LogP contribution in [0, 0.1) is 6.92 Å². The summed E-state index contributed by atoms with van der Waals surface area (Å²) in [4.78, 5) is 27.2. The number of rotatable bonds is 7. The normalized spacial score (nSPS) is 14.7. The summed E-state index contributed by atoms with van der Waals surface area (Å²) >= 11 is 6.59. The number of ether oxygens (including phenoxy) is 2. The van der Waals surface area contributed by atoms with Crippen LogP contribution in [0.25, 0.3) is 6.08 Å². The van der Waals surface area contributed by atoms with Crippen LogP contribution < -0.4 is 19.7 Å². The number of para-hydroxylation sites is 1. The molecule has 1 aliphatic heterocycles. The summed E-state index contributed by atoms with van der Waals surface area (Å²) in [5.41, 5.74) is 1.05. The number of hydrogen-bond acceptors (Lipinski definition) is 6. The first-order valence-electron chi connectivity index (χ1n) is 11.2. The molecule has 0 spiro atoms. The lowest BCUT2D eigenvalue weighted by molar-refractivity contribution is -0.137. The number of thiocarbonyl (C=S) groups is 1. The fourth-order valence-corrected chi connectivity index (χ4v) is 4.90. The molecule has 1 saturated heterocycles. The van der Waals surface area contributed by atoms with E-state index in [4.69, 9.17) is 21.7 Å². The topological polar surface area (TPSA) is 67.9 Å². The molecule has 196 valence electrons. The second kappa shape index (κ2) is 11.3. The van der Waals surface area contributed by atoms with Gasteiger partial charge in [0.1, 0.15) is 0 Å². The van der Waals surface area contributed by atoms with Gasteiger partial charge in [-0.05, 0) is 55.0 Å². The van der Waals surface area contributed by atoms with Gasteiger partial charge in [-0.25, -0.2) is 0 Å². The van der Waals surface area contributed by atoms with Crippen LogP contribution >= 0.6 is 24.0 Å². The van der Waals surface area contributed by atoms with Crippen molar-refractivity contribution in [3.05, 3.63) is 88.3 Å². The highest BCUT2D eigenvalue weighted by molar-refractivity contribution is 8.27. The summed E-state index contributed by atoms with van der Waals surface area (Å²) in [7, 11) is 1.41. The van der Waals surface area contributed by atoms with E-state index in [0.29, 0.717) is 20.5 Å². The van der Waals surface area contributed by atoms with Crippen LogP contribution in [0.5, 0.6) is 11.5 Å². The molecule has 1 N–H and O–H groups in total. The fraction of sp³-hybridized carbons (Fsp3) is 0.148. The van der Waals surface area contributed by atoms with E-state index in [1.54, 1.807) is 24.3 Å². The van der Waals surface area contributed by atoms with Crippen molar-refractivity contribution in [2.24, 2.45) is 0 Å². The lowest BCUT2D eigenvalue weighted by atomic mass is 10.1. The number of benzene rings is 3. The minimum atomic E-state index is -4.61. The first-order chi connectivity index (χ1) is 18.1. The van der Waals surface area contributed by atoms with Crippen molar-refractivity contribution in [1.82, 2.24) is 0 Å². The van der Waals surface area contributed by atoms with Gasteiger partial charge < -0.3 is 14.8 Å². The molecular weight excluding hydrogens is 537 g/mol. The summed E-state index contributed by atoms with van der Waals surface area (Å²) in [5, 5.41) is 2.22. The molecule has 3 aromatic rings. The van der Waals surface area contributed by atoms with Crippen LogP contribution in [0.2, 0.25) is 0 Å². The Bertz CT molecular complexity index is 1420. The summed E-state index contributed by atoms with van der Waals surface area (Å²) < 4.78 is 50.7. The maximum absolute atomic E-state index is 13.2. The molecule has 0 bridgehead atoms. The minimum absolute atomic E-state index is 0.205. The third-order valence-electron chi connectivity index (χ3n) is 5.44. The number of carbonyl (C=O) groups is 2. The molecule has 1 aliphatic rings. The molecule has 1 fully saturated rings. The van der Waals surface area contributed by atoms with Gasteiger partial charge in [-0.1, -0.05) is 59.9 Å². The minimum Gasteiger partial charge on any atom is -0.493 e. The zero-order valence-electron chi connectivity index (χ0n) is 20.2. The Morgan fingerprint density at radius 2 is 1.79 bits per heavy atom. The van der Waals surface area contributed by atoms with Crippen molar-refractivity contribution in [3.63, 3.8) is 0 Å². The molecule has 0 unspecified atom stereocenters. The van der Waals surface area contributed by atoms with Crippen LogP contribution in [0.1, 0.15) is 16.7 Å². The molecule has 38 heavy (non-hydrogen) atoms. The first kappa shape index (κ1) is 27.2. The average Bonchev–Trinajstić information content (AvgIpc) is 3.15. The number of nitrogens with one attached hydrogen (secondary N) is 1. The second-order valence-electron chi connectivity index (χ2n) is 8.14. The van der Waals surface area contributed by atoms with Gasteiger partial charge in [0, 0.05) is 0 Å². The fourth-order valence-electron chi connectivity index (χ4n) is 3.60. The summed E-state index contributed by atoms with van der Waals surface area (Å²) in [5.74, 6) is -0.543. The van der Waals surface area contributed by atoms with Crippen LogP contribution in [-0.2, 0) is 15.8 Å². The molecule has 0 saturated carbocycles. The first-order valence-corrected chi connectivity index (χ1v) is 12.4. The summed E-state index contributed by atoms with van der Waals surface area (Å²) in [6.07, 6.45) is -2.95. The highest BCUT2D eigenvalue weighted by atomic mass is 32.2. The standard InChI is InChI=1S/C27H21F3N2O4S2/c1-16-7-10-18(11-8-16)32-25(34)23(38-26(32)37)14-17-9-12-21(22(13-17)35-2)36-15-24(33)31-20-6-4-3-5-19(20)27(28,29)30/h3-14H,15H2,1-2H3,(H,31,33)/b23-14-. The van der Waals surface area contributed by atoms with Gasteiger partial charge in [-0.15, -0.1) is 0 Å². The van der Waals surface area contributed by atoms with E-state index in [-0.39, 0.29) is 23.1 Å². The number of alkyl halides is 3. The monoisotopic (exact) mass is 558 g/mol. The van der Waals surface area contributed by atoms with Gasteiger partial charge in [-0.2, -0.15) is 13.2 Å². The smallest absolute Gasteiger partial charge is 0.418 e. The number of thioether (sulfide) groups is 1. The molecular formula is C27H21F3N2O4S2. The summed E-state index contributed by atoms with van der Waals surface area (Å²) in [6.45, 7) is 1.41. The Kier molecular flexibility index (Phi) is 8.08. The third-order valence-corrected chi connectivity index (χ3v) is 6.74. The van der Waals surface area contributed by atoms with E-state index < -0.39 is 24.3 Å². The quantitative estimate of drug-likeness (QED) is 0.266. The number of methoxy groups -OCH3 is 1. The molecule has 0 aromatic heterocycles. The Morgan fingerprint density at radius 1 is 1.08 bits per heavy atom. The average molecular weight is 559 g/mol. The highest BCUT2D eigenvalue weighted by Crippen LogP contribution is 2.38. The van der Waals surface area contributed by atoms with Crippen LogP contribution in [0.4, 0.5) is 24.5 Å². The molecule has 1 heterocycles. The Hall–Kier alpha value is -3.83. The van der Waals surface area contributed by atoms with Crippen molar-refractivity contribution in [1.29, 1.82) is 0 Å². The largest absolute Gasteiger partial charge is 0.493 e. The molecule has 4 rings (SSSR count). The number of hydrogen-bond donors (Lipinski definition) is 1. The SMILES string of the molecule is COc1cc(/C=C2\SC(=S)N(c3ccc(C)cc3)C2=O)ccc1OCC(=O)Nc1ccccc1C(F)(F)F. The lowest BCUT2D eigenvalue weighted by Crippen LogP contribution is -2.27. The zero-order chi connectivity index (χ0) is 27.4. The molecule has 0 radical (unpaired) electrons. The molecule has 3 aromatic carbocycles. The molecule has 2 amide bonds. The molecule has 0 aliphatic carbocycles. The summed E-state index contributed by atoms with van der Waals surface area (Å²) in [6, 6.07) is 17.0. The van der Waals surface area contributed by atoms with Crippen molar-refractivity contribution in [3.8, 4) is 11.5 Å². The van der Waals surface area contributed by atoms with Crippen LogP contribution in [0.3, 0.4) is 0 Å². The number of anilines is 2. The van der Waals surface area contributed by atoms with E-state index in [9.17, 15) is 22.8 Å². The predicted octanol–water partition coefficient (Wildman–Crippen LogP) is 6.45. The van der Waals surface area contributed by atoms with E-state index >= 15 is 0 Å². The number of carbonyl (C=O) groups excluding carboxylic acids is 2. The molecule has 6 nitrogen and oxygen atoms in total.